The molecule has 0 radical (unpaired) electrons. The molecule has 3 atom stereocenters. The summed E-state index contributed by atoms with van der Waals surface area (Å²) in [5.41, 5.74) is 0. The quantitative estimate of drug-likeness (QED) is 0.482. The van der Waals surface area contributed by atoms with E-state index in [-0.39, 0.29) is 23.9 Å². The standard InChI is InChI=1S/C14H26O3/c1-11(9-10-13(3)16)14(17)8-6-4-5-7-12(2)15/h9-12,14-15,17H,4-8H2,1-3H3. The number of hydrogen-bond acceptors (Lipinski definition) is 3. The highest BCUT2D eigenvalue weighted by molar-refractivity contribution is 5.87. The molecule has 3 nitrogen and oxygen atoms in total. The van der Waals surface area contributed by atoms with E-state index in [0.717, 1.165) is 32.1 Å². The van der Waals surface area contributed by atoms with Gasteiger partial charge < -0.3 is 10.2 Å². The van der Waals surface area contributed by atoms with Gasteiger partial charge >= 0.3 is 0 Å². The van der Waals surface area contributed by atoms with Crippen molar-refractivity contribution in [3.63, 3.8) is 0 Å². The van der Waals surface area contributed by atoms with Crippen molar-refractivity contribution in [2.45, 2.75) is 65.1 Å². The molecule has 0 aliphatic carbocycles. The number of allylic oxidation sites excluding steroid dienone is 1. The first kappa shape index (κ1) is 16.3. The highest BCUT2D eigenvalue weighted by atomic mass is 16.3. The van der Waals surface area contributed by atoms with Crippen molar-refractivity contribution >= 4 is 5.78 Å². The molecular weight excluding hydrogens is 216 g/mol. The number of aliphatic hydroxyl groups is 2. The second-order valence-corrected chi connectivity index (χ2v) is 4.88. The van der Waals surface area contributed by atoms with Crippen molar-refractivity contribution in [1.82, 2.24) is 0 Å². The molecule has 0 amide bonds. The first-order valence-electron chi connectivity index (χ1n) is 6.48. The Kier molecular flexibility index (Phi) is 9.00. The van der Waals surface area contributed by atoms with E-state index >= 15 is 0 Å². The zero-order chi connectivity index (χ0) is 13.3. The van der Waals surface area contributed by atoms with Gasteiger partial charge in [0.25, 0.3) is 0 Å². The molecule has 0 aromatic rings. The van der Waals surface area contributed by atoms with E-state index in [1.165, 1.54) is 13.0 Å². The van der Waals surface area contributed by atoms with Gasteiger partial charge in [0, 0.05) is 5.92 Å². The Morgan fingerprint density at radius 2 is 1.71 bits per heavy atom. The fourth-order valence-electron chi connectivity index (χ4n) is 1.65. The Hall–Kier alpha value is -0.670. The maximum atomic E-state index is 10.7. The Labute approximate surface area is 105 Å². The second kappa shape index (κ2) is 9.37. The maximum absolute atomic E-state index is 10.7. The number of rotatable bonds is 9. The molecule has 0 rings (SSSR count). The minimum absolute atomic E-state index is 0.0148. The van der Waals surface area contributed by atoms with Gasteiger partial charge in [0.1, 0.15) is 0 Å². The molecule has 3 unspecified atom stereocenters. The van der Waals surface area contributed by atoms with Gasteiger partial charge in [-0.05, 0) is 32.8 Å². The number of unbranched alkanes of at least 4 members (excludes halogenated alkanes) is 2. The summed E-state index contributed by atoms with van der Waals surface area (Å²) in [4.78, 5) is 10.7. The molecule has 0 spiro atoms. The summed E-state index contributed by atoms with van der Waals surface area (Å²) < 4.78 is 0. The van der Waals surface area contributed by atoms with Gasteiger partial charge in [-0.1, -0.05) is 32.3 Å². The van der Waals surface area contributed by atoms with Crippen LogP contribution >= 0.6 is 0 Å². The van der Waals surface area contributed by atoms with E-state index in [0.29, 0.717) is 0 Å². The first-order chi connectivity index (χ1) is 7.93. The Morgan fingerprint density at radius 1 is 1.12 bits per heavy atom. The molecule has 0 heterocycles. The number of aliphatic hydroxyl groups excluding tert-OH is 2. The van der Waals surface area contributed by atoms with Crippen LogP contribution in [0.25, 0.3) is 0 Å². The van der Waals surface area contributed by atoms with Gasteiger partial charge in [0.15, 0.2) is 5.78 Å². The molecule has 0 aliphatic rings. The Balaban J connectivity index is 3.64. The zero-order valence-electron chi connectivity index (χ0n) is 11.2. The fraction of sp³-hybridized carbons (Fsp3) is 0.786. The van der Waals surface area contributed by atoms with Crippen molar-refractivity contribution in [2.24, 2.45) is 5.92 Å². The smallest absolute Gasteiger partial charge is 0.152 e. The summed E-state index contributed by atoms with van der Waals surface area (Å²) in [5.74, 6) is 0.0386. The summed E-state index contributed by atoms with van der Waals surface area (Å²) in [6.45, 7) is 5.22. The van der Waals surface area contributed by atoms with E-state index < -0.39 is 0 Å². The maximum Gasteiger partial charge on any atom is 0.152 e. The average molecular weight is 242 g/mol. The van der Waals surface area contributed by atoms with Crippen molar-refractivity contribution in [2.75, 3.05) is 0 Å². The first-order valence-corrected chi connectivity index (χ1v) is 6.48. The molecule has 0 saturated heterocycles. The molecule has 2 N–H and O–H groups in total. The van der Waals surface area contributed by atoms with Gasteiger partial charge in [-0.15, -0.1) is 0 Å². The van der Waals surface area contributed by atoms with Gasteiger partial charge in [0.2, 0.25) is 0 Å². The van der Waals surface area contributed by atoms with Crippen LogP contribution in [0.1, 0.15) is 52.9 Å². The zero-order valence-corrected chi connectivity index (χ0v) is 11.2. The highest BCUT2D eigenvalue weighted by Crippen LogP contribution is 2.14. The number of carbonyl (C=O) groups excluding carboxylic acids is 1. The van der Waals surface area contributed by atoms with Gasteiger partial charge in [-0.25, -0.2) is 0 Å². The number of ketones is 1. The van der Waals surface area contributed by atoms with Crippen LogP contribution in [0.4, 0.5) is 0 Å². The predicted molar refractivity (Wildman–Crippen MR) is 69.8 cm³/mol. The second-order valence-electron chi connectivity index (χ2n) is 4.88. The third kappa shape index (κ3) is 10.2. The summed E-state index contributed by atoms with van der Waals surface area (Å²) in [6, 6.07) is 0. The van der Waals surface area contributed by atoms with Crippen LogP contribution in [-0.4, -0.2) is 28.2 Å². The average Bonchev–Trinajstić information content (AvgIpc) is 2.24. The molecule has 0 fully saturated rings. The molecule has 0 aromatic heterocycles. The molecular formula is C14H26O3. The van der Waals surface area contributed by atoms with Gasteiger partial charge in [0.05, 0.1) is 12.2 Å². The van der Waals surface area contributed by atoms with Crippen LogP contribution < -0.4 is 0 Å². The monoisotopic (exact) mass is 242 g/mol. The van der Waals surface area contributed by atoms with Crippen LogP contribution in [-0.2, 0) is 4.79 Å². The summed E-state index contributed by atoms with van der Waals surface area (Å²) in [7, 11) is 0. The summed E-state index contributed by atoms with van der Waals surface area (Å²) in [6.07, 6.45) is 7.26. The predicted octanol–water partition coefficient (Wildman–Crippen LogP) is 2.46. The number of hydrogen-bond donors (Lipinski definition) is 2. The molecule has 0 aromatic carbocycles. The van der Waals surface area contributed by atoms with Crippen LogP contribution in [0.5, 0.6) is 0 Å². The van der Waals surface area contributed by atoms with E-state index in [1.807, 2.05) is 6.92 Å². The van der Waals surface area contributed by atoms with E-state index in [4.69, 9.17) is 5.11 Å². The van der Waals surface area contributed by atoms with E-state index in [2.05, 4.69) is 0 Å². The normalized spacial score (nSPS) is 17.0. The minimum Gasteiger partial charge on any atom is -0.393 e. The molecule has 3 heteroatoms. The molecule has 100 valence electrons. The molecule has 0 aliphatic heterocycles. The minimum atomic E-state index is -0.378. The van der Waals surface area contributed by atoms with Crippen molar-refractivity contribution in [1.29, 1.82) is 0 Å². The van der Waals surface area contributed by atoms with Gasteiger partial charge in [-0.2, -0.15) is 0 Å². The van der Waals surface area contributed by atoms with E-state index in [1.54, 1.807) is 13.0 Å². The highest BCUT2D eigenvalue weighted by Gasteiger charge is 2.10. The largest absolute Gasteiger partial charge is 0.393 e. The lowest BCUT2D eigenvalue weighted by atomic mass is 9.98. The molecule has 0 bridgehead atoms. The third-order valence-electron chi connectivity index (χ3n) is 2.86. The van der Waals surface area contributed by atoms with Crippen molar-refractivity contribution < 1.29 is 15.0 Å². The summed E-state index contributed by atoms with van der Waals surface area (Å²) >= 11 is 0. The molecule has 17 heavy (non-hydrogen) atoms. The molecule has 0 saturated carbocycles. The van der Waals surface area contributed by atoms with Crippen LogP contribution in [0.15, 0.2) is 12.2 Å². The van der Waals surface area contributed by atoms with Gasteiger partial charge in [-0.3, -0.25) is 4.79 Å². The van der Waals surface area contributed by atoms with E-state index in [9.17, 15) is 9.90 Å². The Bertz CT molecular complexity index is 234. The third-order valence-corrected chi connectivity index (χ3v) is 2.86. The lowest BCUT2D eigenvalue weighted by Gasteiger charge is -2.15. The fourth-order valence-corrected chi connectivity index (χ4v) is 1.65. The van der Waals surface area contributed by atoms with Crippen LogP contribution in [0.3, 0.4) is 0 Å². The topological polar surface area (TPSA) is 57.5 Å². The summed E-state index contributed by atoms with van der Waals surface area (Å²) in [5, 5.41) is 18.9. The van der Waals surface area contributed by atoms with Crippen LogP contribution in [0, 0.1) is 5.92 Å². The van der Waals surface area contributed by atoms with Crippen molar-refractivity contribution in [3.05, 3.63) is 12.2 Å². The number of carbonyl (C=O) groups is 1. The van der Waals surface area contributed by atoms with Crippen molar-refractivity contribution in [3.8, 4) is 0 Å². The SMILES string of the molecule is CC(=O)C=CC(C)C(O)CCCCCC(C)O. The lowest BCUT2D eigenvalue weighted by molar-refractivity contribution is -0.112. The Morgan fingerprint density at radius 3 is 2.24 bits per heavy atom. The lowest BCUT2D eigenvalue weighted by Crippen LogP contribution is -2.15. The van der Waals surface area contributed by atoms with Crippen LogP contribution in [0.2, 0.25) is 0 Å².